The second-order valence-electron chi connectivity index (χ2n) is 4.70. The van der Waals surface area contributed by atoms with Crippen molar-refractivity contribution in [1.82, 2.24) is 4.90 Å². The number of benzene rings is 1. The van der Waals surface area contributed by atoms with Crippen molar-refractivity contribution in [3.05, 3.63) is 34.3 Å². The Hall–Kier alpha value is -0.830. The van der Waals surface area contributed by atoms with Gasteiger partial charge in [0.25, 0.3) is 5.91 Å². The van der Waals surface area contributed by atoms with Gasteiger partial charge in [0.1, 0.15) is 0 Å². The van der Waals surface area contributed by atoms with E-state index >= 15 is 0 Å². The zero-order valence-electron chi connectivity index (χ0n) is 10.2. The lowest BCUT2D eigenvalue weighted by Crippen LogP contribution is -2.38. The van der Waals surface area contributed by atoms with Crippen molar-refractivity contribution in [2.24, 2.45) is 0 Å². The molecule has 1 aromatic carbocycles. The summed E-state index contributed by atoms with van der Waals surface area (Å²) in [5.41, 5.74) is 0.793. The first-order chi connectivity index (χ1) is 8.18. The van der Waals surface area contributed by atoms with Crippen LogP contribution >= 0.6 is 15.9 Å². The highest BCUT2D eigenvalue weighted by atomic mass is 79.9. The highest BCUT2D eigenvalue weighted by Gasteiger charge is 2.22. The van der Waals surface area contributed by atoms with E-state index in [2.05, 4.69) is 22.9 Å². The van der Waals surface area contributed by atoms with Gasteiger partial charge in [0, 0.05) is 22.6 Å². The van der Waals surface area contributed by atoms with Crippen molar-refractivity contribution in [2.45, 2.75) is 38.6 Å². The fourth-order valence-corrected chi connectivity index (χ4v) is 2.60. The van der Waals surface area contributed by atoms with E-state index in [1.807, 2.05) is 29.2 Å². The molecule has 1 saturated heterocycles. The molecule has 2 nitrogen and oxygen atoms in total. The molecule has 1 aliphatic heterocycles. The van der Waals surface area contributed by atoms with Crippen LogP contribution in [0.1, 0.15) is 43.0 Å². The highest BCUT2D eigenvalue weighted by molar-refractivity contribution is 9.10. The standard InChI is InChI=1S/C14H18BrNO/c1-11-5-3-2-4-10-16(11)14(17)12-6-8-13(15)9-7-12/h6-9,11H,2-5,10H2,1H3/t11-/m0/s1. The molecule has 0 radical (unpaired) electrons. The Morgan fingerprint density at radius 3 is 2.65 bits per heavy atom. The van der Waals surface area contributed by atoms with Gasteiger partial charge in [-0.2, -0.15) is 0 Å². The van der Waals surface area contributed by atoms with Crippen LogP contribution in [0.4, 0.5) is 0 Å². The average molecular weight is 296 g/mol. The van der Waals surface area contributed by atoms with Gasteiger partial charge < -0.3 is 4.90 Å². The number of carbonyl (C=O) groups is 1. The average Bonchev–Trinajstić information content (AvgIpc) is 2.54. The van der Waals surface area contributed by atoms with Crippen molar-refractivity contribution >= 4 is 21.8 Å². The van der Waals surface area contributed by atoms with E-state index in [9.17, 15) is 4.79 Å². The normalized spacial score (nSPS) is 21.1. The number of likely N-dealkylation sites (tertiary alicyclic amines) is 1. The molecule has 92 valence electrons. The predicted octanol–water partition coefficient (Wildman–Crippen LogP) is 3.85. The zero-order valence-corrected chi connectivity index (χ0v) is 11.7. The van der Waals surface area contributed by atoms with Gasteiger partial charge in [-0.05, 0) is 44.0 Å². The van der Waals surface area contributed by atoms with E-state index in [-0.39, 0.29) is 5.91 Å². The van der Waals surface area contributed by atoms with E-state index < -0.39 is 0 Å². The highest BCUT2D eigenvalue weighted by Crippen LogP contribution is 2.19. The van der Waals surface area contributed by atoms with Crippen LogP contribution in [0.25, 0.3) is 0 Å². The molecule has 0 bridgehead atoms. The fraction of sp³-hybridized carbons (Fsp3) is 0.500. The Labute approximate surface area is 111 Å². The molecule has 0 aliphatic carbocycles. The SMILES string of the molecule is C[C@H]1CCCCCN1C(=O)c1ccc(Br)cc1. The Morgan fingerprint density at radius 2 is 1.94 bits per heavy atom. The molecule has 0 aromatic heterocycles. The molecule has 3 heteroatoms. The molecule has 17 heavy (non-hydrogen) atoms. The van der Waals surface area contributed by atoms with Crippen molar-refractivity contribution in [1.29, 1.82) is 0 Å². The zero-order chi connectivity index (χ0) is 12.3. The quantitative estimate of drug-likeness (QED) is 0.770. The summed E-state index contributed by atoms with van der Waals surface area (Å²) in [6.07, 6.45) is 4.74. The molecule has 1 heterocycles. The van der Waals surface area contributed by atoms with Crippen molar-refractivity contribution in [3.8, 4) is 0 Å². The molecule has 1 amide bonds. The summed E-state index contributed by atoms with van der Waals surface area (Å²) < 4.78 is 1.01. The molecule has 1 fully saturated rings. The number of amides is 1. The van der Waals surface area contributed by atoms with Crippen LogP contribution in [0.2, 0.25) is 0 Å². The van der Waals surface area contributed by atoms with Crippen LogP contribution in [0.15, 0.2) is 28.7 Å². The number of hydrogen-bond donors (Lipinski definition) is 0. The van der Waals surface area contributed by atoms with E-state index in [0.717, 1.165) is 29.4 Å². The minimum atomic E-state index is 0.173. The third-order valence-corrected chi connectivity index (χ3v) is 3.93. The number of halogens is 1. The smallest absolute Gasteiger partial charge is 0.254 e. The second kappa shape index (κ2) is 5.67. The van der Waals surface area contributed by atoms with Gasteiger partial charge in [-0.25, -0.2) is 0 Å². The second-order valence-corrected chi connectivity index (χ2v) is 5.62. The van der Waals surface area contributed by atoms with Crippen LogP contribution in [-0.4, -0.2) is 23.4 Å². The summed E-state index contributed by atoms with van der Waals surface area (Å²) in [5.74, 6) is 0.173. The Morgan fingerprint density at radius 1 is 1.24 bits per heavy atom. The maximum Gasteiger partial charge on any atom is 0.254 e. The van der Waals surface area contributed by atoms with Gasteiger partial charge in [0.15, 0.2) is 0 Å². The molecule has 1 aliphatic rings. The third kappa shape index (κ3) is 3.09. The first-order valence-electron chi connectivity index (χ1n) is 6.25. The minimum Gasteiger partial charge on any atom is -0.336 e. The Kier molecular flexibility index (Phi) is 4.21. The summed E-state index contributed by atoms with van der Waals surface area (Å²) in [7, 11) is 0. The fourth-order valence-electron chi connectivity index (χ4n) is 2.33. The summed E-state index contributed by atoms with van der Waals surface area (Å²) in [4.78, 5) is 14.4. The first-order valence-corrected chi connectivity index (χ1v) is 7.04. The van der Waals surface area contributed by atoms with Crippen LogP contribution in [0.5, 0.6) is 0 Å². The Balaban J connectivity index is 2.15. The number of carbonyl (C=O) groups excluding carboxylic acids is 1. The lowest BCUT2D eigenvalue weighted by molar-refractivity contribution is 0.0698. The van der Waals surface area contributed by atoms with E-state index in [0.29, 0.717) is 6.04 Å². The molecule has 1 aromatic rings. The van der Waals surface area contributed by atoms with E-state index in [1.54, 1.807) is 0 Å². The molecule has 0 saturated carbocycles. The van der Waals surface area contributed by atoms with Crippen molar-refractivity contribution in [2.75, 3.05) is 6.54 Å². The molecule has 0 N–H and O–H groups in total. The minimum absolute atomic E-state index is 0.173. The van der Waals surface area contributed by atoms with Crippen LogP contribution < -0.4 is 0 Å². The van der Waals surface area contributed by atoms with E-state index in [4.69, 9.17) is 0 Å². The number of rotatable bonds is 1. The number of nitrogens with zero attached hydrogens (tertiary/aromatic N) is 1. The lowest BCUT2D eigenvalue weighted by Gasteiger charge is -2.27. The summed E-state index contributed by atoms with van der Waals surface area (Å²) in [6.45, 7) is 3.05. The molecular weight excluding hydrogens is 278 g/mol. The monoisotopic (exact) mass is 295 g/mol. The first kappa shape index (κ1) is 12.6. The lowest BCUT2D eigenvalue weighted by atomic mass is 10.1. The molecular formula is C14H18BrNO. The van der Waals surface area contributed by atoms with Gasteiger partial charge in [-0.3, -0.25) is 4.79 Å². The van der Waals surface area contributed by atoms with Crippen LogP contribution in [0, 0.1) is 0 Å². The topological polar surface area (TPSA) is 20.3 Å². The molecule has 1 atom stereocenters. The van der Waals surface area contributed by atoms with Gasteiger partial charge in [-0.15, -0.1) is 0 Å². The maximum atomic E-state index is 12.4. The Bertz CT molecular complexity index is 388. The molecule has 0 unspecified atom stereocenters. The van der Waals surface area contributed by atoms with Crippen molar-refractivity contribution in [3.63, 3.8) is 0 Å². The van der Waals surface area contributed by atoms with Crippen molar-refractivity contribution < 1.29 is 4.79 Å². The molecule has 0 spiro atoms. The van der Waals surface area contributed by atoms with Crippen LogP contribution in [-0.2, 0) is 0 Å². The van der Waals surface area contributed by atoms with Crippen LogP contribution in [0.3, 0.4) is 0 Å². The van der Waals surface area contributed by atoms with Gasteiger partial charge in [-0.1, -0.05) is 28.8 Å². The maximum absolute atomic E-state index is 12.4. The largest absolute Gasteiger partial charge is 0.336 e. The van der Waals surface area contributed by atoms with Gasteiger partial charge in [0.2, 0.25) is 0 Å². The summed E-state index contributed by atoms with van der Waals surface area (Å²) >= 11 is 3.39. The van der Waals surface area contributed by atoms with E-state index in [1.165, 1.54) is 12.8 Å². The van der Waals surface area contributed by atoms with Gasteiger partial charge in [0.05, 0.1) is 0 Å². The molecule has 2 rings (SSSR count). The predicted molar refractivity (Wildman–Crippen MR) is 73.1 cm³/mol. The summed E-state index contributed by atoms with van der Waals surface area (Å²) in [6, 6.07) is 8.01. The summed E-state index contributed by atoms with van der Waals surface area (Å²) in [5, 5.41) is 0. The number of hydrogen-bond acceptors (Lipinski definition) is 1. The third-order valence-electron chi connectivity index (χ3n) is 3.41. The van der Waals surface area contributed by atoms with Gasteiger partial charge >= 0.3 is 0 Å².